The Hall–Kier alpha value is -4.01. The van der Waals surface area contributed by atoms with Gasteiger partial charge in [0.15, 0.2) is 23.1 Å². The van der Waals surface area contributed by atoms with E-state index in [1.165, 1.54) is 0 Å². The zero-order chi connectivity index (χ0) is 25.3. The van der Waals surface area contributed by atoms with Crippen LogP contribution in [0.3, 0.4) is 0 Å². The Morgan fingerprint density at radius 3 is 2.03 bits per heavy atom. The van der Waals surface area contributed by atoms with Crippen LogP contribution in [-0.2, 0) is 0 Å². The van der Waals surface area contributed by atoms with Gasteiger partial charge >= 0.3 is 0 Å². The number of nitrogens with one attached hydrogen (secondary N) is 1. The summed E-state index contributed by atoms with van der Waals surface area (Å²) < 4.78 is 17.3. The highest BCUT2D eigenvalue weighted by atomic mass is 16.5. The molecule has 190 valence electrons. The number of anilines is 3. The molecule has 1 amide bonds. The van der Waals surface area contributed by atoms with Crippen molar-refractivity contribution in [2.75, 3.05) is 56.2 Å². The van der Waals surface area contributed by atoms with Crippen molar-refractivity contribution in [3.8, 4) is 17.2 Å². The number of carbonyl (C=O) groups is 1. The molecule has 0 radical (unpaired) electrons. The fourth-order valence-electron chi connectivity index (χ4n) is 4.06. The van der Waals surface area contributed by atoms with E-state index in [2.05, 4.69) is 20.4 Å². The van der Waals surface area contributed by atoms with Gasteiger partial charge in [-0.15, -0.1) is 10.2 Å². The first-order valence-corrected chi connectivity index (χ1v) is 12.4. The summed E-state index contributed by atoms with van der Waals surface area (Å²) in [5.41, 5.74) is 1.48. The van der Waals surface area contributed by atoms with Crippen molar-refractivity contribution in [1.29, 1.82) is 0 Å². The number of rotatable bonds is 10. The molecule has 0 spiro atoms. The van der Waals surface area contributed by atoms with Gasteiger partial charge in [-0.3, -0.25) is 4.79 Å². The lowest BCUT2D eigenvalue weighted by atomic mass is 10.1. The number of piperazine rings is 1. The van der Waals surface area contributed by atoms with E-state index >= 15 is 0 Å². The lowest BCUT2D eigenvalue weighted by Gasteiger charge is -2.35. The Kier molecular flexibility index (Phi) is 8.44. The zero-order valence-corrected chi connectivity index (χ0v) is 21.1. The number of benzene rings is 2. The Labute approximate surface area is 212 Å². The molecule has 0 unspecified atom stereocenters. The third-order valence-electron chi connectivity index (χ3n) is 5.74. The SMILES string of the molecule is CCOc1cc(C(=O)N2CCN(c3ccc(Nc4ccccc4)nn3)CC2)cc(OCC)c1OCC. The zero-order valence-electron chi connectivity index (χ0n) is 21.1. The Bertz CT molecular complexity index is 1110. The van der Waals surface area contributed by atoms with Crippen molar-refractivity contribution in [3.63, 3.8) is 0 Å². The number of ether oxygens (including phenoxy) is 3. The Balaban J connectivity index is 1.41. The first-order chi connectivity index (χ1) is 17.6. The van der Waals surface area contributed by atoms with E-state index in [1.807, 2.05) is 68.1 Å². The summed E-state index contributed by atoms with van der Waals surface area (Å²) in [5.74, 6) is 2.99. The molecule has 9 nitrogen and oxygen atoms in total. The third kappa shape index (κ3) is 5.97. The average molecular weight is 492 g/mol. The molecule has 1 aliphatic heterocycles. The van der Waals surface area contributed by atoms with Gasteiger partial charge in [0.05, 0.1) is 19.8 Å². The summed E-state index contributed by atoms with van der Waals surface area (Å²) in [6.45, 7) is 9.58. The average Bonchev–Trinajstić information content (AvgIpc) is 2.91. The molecule has 1 aromatic heterocycles. The van der Waals surface area contributed by atoms with Gasteiger partial charge in [0.1, 0.15) is 0 Å². The highest BCUT2D eigenvalue weighted by Gasteiger charge is 2.26. The number of aromatic nitrogens is 2. The minimum atomic E-state index is -0.0619. The number of amides is 1. The summed E-state index contributed by atoms with van der Waals surface area (Å²) >= 11 is 0. The topological polar surface area (TPSA) is 89.1 Å². The molecule has 1 N–H and O–H groups in total. The molecule has 4 rings (SSSR count). The maximum absolute atomic E-state index is 13.4. The monoisotopic (exact) mass is 491 g/mol. The van der Waals surface area contributed by atoms with Crippen LogP contribution in [0.1, 0.15) is 31.1 Å². The smallest absolute Gasteiger partial charge is 0.254 e. The first-order valence-electron chi connectivity index (χ1n) is 12.4. The van der Waals surface area contributed by atoms with E-state index in [1.54, 1.807) is 12.1 Å². The van der Waals surface area contributed by atoms with E-state index in [0.717, 1.165) is 11.5 Å². The Morgan fingerprint density at radius 2 is 1.47 bits per heavy atom. The van der Waals surface area contributed by atoms with E-state index in [4.69, 9.17) is 14.2 Å². The molecule has 2 aromatic carbocycles. The molecular weight excluding hydrogens is 458 g/mol. The molecule has 2 heterocycles. The molecule has 0 saturated carbocycles. The van der Waals surface area contributed by atoms with Crippen molar-refractivity contribution in [2.45, 2.75) is 20.8 Å². The second-order valence-electron chi connectivity index (χ2n) is 8.15. The first kappa shape index (κ1) is 25.1. The van der Waals surface area contributed by atoms with Crippen LogP contribution in [0.5, 0.6) is 17.2 Å². The van der Waals surface area contributed by atoms with Crippen LogP contribution in [0, 0.1) is 0 Å². The van der Waals surface area contributed by atoms with Gasteiger partial charge < -0.3 is 29.3 Å². The van der Waals surface area contributed by atoms with Crippen LogP contribution < -0.4 is 24.4 Å². The van der Waals surface area contributed by atoms with Crippen LogP contribution in [-0.4, -0.2) is 67.0 Å². The van der Waals surface area contributed by atoms with Gasteiger partial charge in [-0.05, 0) is 57.2 Å². The summed E-state index contributed by atoms with van der Waals surface area (Å²) in [5, 5.41) is 11.9. The minimum absolute atomic E-state index is 0.0619. The van der Waals surface area contributed by atoms with Crippen LogP contribution >= 0.6 is 0 Å². The van der Waals surface area contributed by atoms with Crippen LogP contribution in [0.4, 0.5) is 17.3 Å². The second-order valence-corrected chi connectivity index (χ2v) is 8.15. The van der Waals surface area contributed by atoms with Crippen LogP contribution in [0.25, 0.3) is 0 Å². The lowest BCUT2D eigenvalue weighted by molar-refractivity contribution is 0.0745. The highest BCUT2D eigenvalue weighted by molar-refractivity contribution is 5.95. The van der Waals surface area contributed by atoms with Gasteiger partial charge in [-0.25, -0.2) is 0 Å². The molecule has 9 heteroatoms. The van der Waals surface area contributed by atoms with E-state index in [-0.39, 0.29) is 5.91 Å². The van der Waals surface area contributed by atoms with Gasteiger partial charge in [0.2, 0.25) is 5.75 Å². The fourth-order valence-corrected chi connectivity index (χ4v) is 4.06. The molecule has 0 aliphatic carbocycles. The molecule has 3 aromatic rings. The van der Waals surface area contributed by atoms with E-state index in [9.17, 15) is 4.79 Å². The third-order valence-corrected chi connectivity index (χ3v) is 5.74. The highest BCUT2D eigenvalue weighted by Crippen LogP contribution is 2.39. The molecular formula is C27H33N5O4. The number of hydrogen-bond donors (Lipinski definition) is 1. The van der Waals surface area contributed by atoms with E-state index in [0.29, 0.717) is 74.6 Å². The minimum Gasteiger partial charge on any atom is -0.490 e. The number of hydrogen-bond acceptors (Lipinski definition) is 8. The predicted molar refractivity (Wildman–Crippen MR) is 140 cm³/mol. The fraction of sp³-hybridized carbons (Fsp3) is 0.370. The summed E-state index contributed by atoms with van der Waals surface area (Å²) in [7, 11) is 0. The molecule has 0 atom stereocenters. The Morgan fingerprint density at radius 1 is 0.833 bits per heavy atom. The van der Waals surface area contributed by atoms with Gasteiger partial charge in [0.25, 0.3) is 5.91 Å². The largest absolute Gasteiger partial charge is 0.490 e. The quantitative estimate of drug-likeness (QED) is 0.447. The van der Waals surface area contributed by atoms with Crippen molar-refractivity contribution >= 4 is 23.2 Å². The molecule has 1 saturated heterocycles. The van der Waals surface area contributed by atoms with Crippen molar-refractivity contribution in [3.05, 3.63) is 60.2 Å². The molecule has 1 aliphatic rings. The van der Waals surface area contributed by atoms with Gasteiger partial charge in [0, 0.05) is 37.4 Å². The van der Waals surface area contributed by atoms with Gasteiger partial charge in [-0.2, -0.15) is 0 Å². The summed E-state index contributed by atoms with van der Waals surface area (Å²) in [6, 6.07) is 17.2. The number of nitrogens with zero attached hydrogens (tertiary/aromatic N) is 4. The lowest BCUT2D eigenvalue weighted by Crippen LogP contribution is -2.49. The van der Waals surface area contributed by atoms with Crippen molar-refractivity contribution in [1.82, 2.24) is 15.1 Å². The van der Waals surface area contributed by atoms with Crippen LogP contribution in [0.15, 0.2) is 54.6 Å². The maximum atomic E-state index is 13.4. The van der Waals surface area contributed by atoms with Gasteiger partial charge in [-0.1, -0.05) is 18.2 Å². The number of para-hydroxylation sites is 1. The molecule has 36 heavy (non-hydrogen) atoms. The van der Waals surface area contributed by atoms with Crippen molar-refractivity contribution in [2.24, 2.45) is 0 Å². The normalized spacial score (nSPS) is 13.3. The molecule has 0 bridgehead atoms. The summed E-state index contributed by atoms with van der Waals surface area (Å²) in [4.78, 5) is 17.3. The number of carbonyl (C=O) groups excluding carboxylic acids is 1. The molecule has 1 fully saturated rings. The second kappa shape index (κ2) is 12.1. The van der Waals surface area contributed by atoms with E-state index < -0.39 is 0 Å². The van der Waals surface area contributed by atoms with Crippen LogP contribution in [0.2, 0.25) is 0 Å². The maximum Gasteiger partial charge on any atom is 0.254 e. The standard InChI is InChI=1S/C27H33N5O4/c1-4-34-22-18-20(19-23(35-5-2)26(22)36-6-3)27(33)32-16-14-31(15-17-32)25-13-12-24(29-30-25)28-21-10-8-7-9-11-21/h7-13,18-19H,4-6,14-17H2,1-3H3,(H,28,29). The van der Waals surface area contributed by atoms with Crippen molar-refractivity contribution < 1.29 is 19.0 Å². The summed E-state index contributed by atoms with van der Waals surface area (Å²) in [6.07, 6.45) is 0. The predicted octanol–water partition coefficient (Wildman–Crippen LogP) is 4.38.